The predicted octanol–water partition coefficient (Wildman–Crippen LogP) is 3.85. The van der Waals surface area contributed by atoms with E-state index in [0.29, 0.717) is 17.1 Å². The summed E-state index contributed by atoms with van der Waals surface area (Å²) in [5.41, 5.74) is 0.756. The molecule has 9 heteroatoms. The fourth-order valence-corrected chi connectivity index (χ4v) is 3.63. The molecule has 0 saturated carbocycles. The molecule has 2 amide bonds. The standard InChI is InChI=1S/C21H16N2O6S/c1-3-10-29-17-9-8-14(11-18(17)28-2)12-19-20(24)22(21(25)30-19)13-15-6-4-5-7-16(15)23(26)27/h1,4-9,11-12H,10,13H2,2H3/b19-12-. The van der Waals surface area contributed by atoms with Crippen LogP contribution in [-0.4, -0.2) is 34.7 Å². The number of rotatable bonds is 7. The third-order valence-electron chi connectivity index (χ3n) is 4.19. The molecular formula is C21H16N2O6S. The molecule has 1 fully saturated rings. The third kappa shape index (κ3) is 4.45. The molecule has 2 aromatic carbocycles. The van der Waals surface area contributed by atoms with Crippen molar-refractivity contribution in [3.8, 4) is 23.8 Å². The Labute approximate surface area is 176 Å². The van der Waals surface area contributed by atoms with Crippen LogP contribution in [0.25, 0.3) is 6.08 Å². The Morgan fingerprint density at radius 1 is 1.23 bits per heavy atom. The minimum Gasteiger partial charge on any atom is -0.493 e. The van der Waals surface area contributed by atoms with Crippen LogP contribution in [-0.2, 0) is 11.3 Å². The number of nitrogens with zero attached hydrogens (tertiary/aromatic N) is 2. The lowest BCUT2D eigenvalue weighted by molar-refractivity contribution is -0.385. The van der Waals surface area contributed by atoms with Gasteiger partial charge in [-0.05, 0) is 35.5 Å². The Bertz CT molecular complexity index is 1090. The van der Waals surface area contributed by atoms with Crippen LogP contribution < -0.4 is 9.47 Å². The van der Waals surface area contributed by atoms with Crippen molar-refractivity contribution in [3.05, 3.63) is 68.6 Å². The molecule has 1 heterocycles. The number of para-hydroxylation sites is 1. The number of terminal acetylenes is 1. The van der Waals surface area contributed by atoms with Crippen LogP contribution in [0, 0.1) is 22.5 Å². The molecule has 0 spiro atoms. The van der Waals surface area contributed by atoms with Crippen LogP contribution in [0.4, 0.5) is 10.5 Å². The highest BCUT2D eigenvalue weighted by molar-refractivity contribution is 8.18. The van der Waals surface area contributed by atoms with Crippen LogP contribution >= 0.6 is 11.8 Å². The Morgan fingerprint density at radius 3 is 2.70 bits per heavy atom. The zero-order valence-electron chi connectivity index (χ0n) is 15.9. The molecule has 1 aliphatic heterocycles. The zero-order chi connectivity index (χ0) is 21.7. The molecule has 0 atom stereocenters. The average Bonchev–Trinajstić information content (AvgIpc) is 3.00. The van der Waals surface area contributed by atoms with E-state index >= 15 is 0 Å². The van der Waals surface area contributed by atoms with Crippen molar-refractivity contribution in [1.29, 1.82) is 0 Å². The Hall–Kier alpha value is -3.77. The van der Waals surface area contributed by atoms with Gasteiger partial charge in [0, 0.05) is 11.6 Å². The normalized spacial score (nSPS) is 14.7. The van der Waals surface area contributed by atoms with Crippen molar-refractivity contribution in [2.45, 2.75) is 6.54 Å². The SMILES string of the molecule is C#CCOc1ccc(/C=C2\SC(=O)N(Cc3ccccc3[N+](=O)[O-])C2=O)cc1OC. The van der Waals surface area contributed by atoms with E-state index in [4.69, 9.17) is 15.9 Å². The van der Waals surface area contributed by atoms with Gasteiger partial charge in [-0.15, -0.1) is 6.42 Å². The van der Waals surface area contributed by atoms with Gasteiger partial charge in [0.25, 0.3) is 16.8 Å². The van der Waals surface area contributed by atoms with Crippen LogP contribution in [0.1, 0.15) is 11.1 Å². The highest BCUT2D eigenvalue weighted by atomic mass is 32.2. The maximum absolute atomic E-state index is 12.7. The van der Waals surface area contributed by atoms with Crippen LogP contribution in [0.15, 0.2) is 47.4 Å². The molecule has 1 saturated heterocycles. The number of imide groups is 1. The number of hydrogen-bond donors (Lipinski definition) is 0. The largest absolute Gasteiger partial charge is 0.493 e. The van der Waals surface area contributed by atoms with E-state index in [1.54, 1.807) is 30.3 Å². The first-order valence-electron chi connectivity index (χ1n) is 8.66. The quantitative estimate of drug-likeness (QED) is 0.288. The summed E-state index contributed by atoms with van der Waals surface area (Å²) in [4.78, 5) is 36.9. The molecule has 2 aromatic rings. The third-order valence-corrected chi connectivity index (χ3v) is 5.09. The fourth-order valence-electron chi connectivity index (χ4n) is 2.79. The second-order valence-corrected chi connectivity index (χ2v) is 7.05. The Morgan fingerprint density at radius 2 is 2.00 bits per heavy atom. The number of methoxy groups -OCH3 is 1. The monoisotopic (exact) mass is 424 g/mol. The van der Waals surface area contributed by atoms with Gasteiger partial charge in [-0.3, -0.25) is 24.6 Å². The first-order chi connectivity index (χ1) is 14.4. The number of nitro benzene ring substituents is 1. The Balaban J connectivity index is 1.83. The van der Waals surface area contributed by atoms with Crippen molar-refractivity contribution in [3.63, 3.8) is 0 Å². The molecule has 3 rings (SSSR count). The number of amides is 2. The number of nitro groups is 1. The molecule has 1 aliphatic rings. The summed E-state index contributed by atoms with van der Waals surface area (Å²) < 4.78 is 10.7. The van der Waals surface area contributed by atoms with E-state index in [9.17, 15) is 19.7 Å². The first kappa shape index (κ1) is 21.0. The van der Waals surface area contributed by atoms with Gasteiger partial charge in [0.2, 0.25) is 0 Å². The summed E-state index contributed by atoms with van der Waals surface area (Å²) in [7, 11) is 1.47. The summed E-state index contributed by atoms with van der Waals surface area (Å²) in [6, 6.07) is 11.0. The molecule has 0 radical (unpaired) electrons. The predicted molar refractivity (Wildman–Crippen MR) is 112 cm³/mol. The molecule has 0 N–H and O–H groups in total. The molecule has 0 unspecified atom stereocenters. The Kier molecular flexibility index (Phi) is 6.39. The maximum atomic E-state index is 12.7. The number of carbonyl (C=O) groups excluding carboxylic acids is 2. The summed E-state index contributed by atoms with van der Waals surface area (Å²) >= 11 is 0.772. The van der Waals surface area contributed by atoms with Gasteiger partial charge in [-0.25, -0.2) is 0 Å². The summed E-state index contributed by atoms with van der Waals surface area (Å²) in [5, 5.41) is 10.7. The van der Waals surface area contributed by atoms with E-state index in [1.807, 2.05) is 0 Å². The number of ether oxygens (including phenoxy) is 2. The first-order valence-corrected chi connectivity index (χ1v) is 9.48. The van der Waals surface area contributed by atoms with Gasteiger partial charge < -0.3 is 9.47 Å². The van der Waals surface area contributed by atoms with E-state index in [1.165, 1.54) is 25.3 Å². The van der Waals surface area contributed by atoms with Gasteiger partial charge in [0.05, 0.1) is 23.5 Å². The lowest BCUT2D eigenvalue weighted by atomic mass is 10.1. The van der Waals surface area contributed by atoms with Crippen molar-refractivity contribution in [2.75, 3.05) is 13.7 Å². The summed E-state index contributed by atoms with van der Waals surface area (Å²) in [6.45, 7) is -0.0957. The second-order valence-electron chi connectivity index (χ2n) is 6.06. The highest BCUT2D eigenvalue weighted by Gasteiger charge is 2.36. The average molecular weight is 424 g/mol. The van der Waals surface area contributed by atoms with Crippen LogP contribution in [0.5, 0.6) is 11.5 Å². The number of benzene rings is 2. The summed E-state index contributed by atoms with van der Waals surface area (Å²) in [6.07, 6.45) is 6.74. The molecule has 0 bridgehead atoms. The van der Waals surface area contributed by atoms with Gasteiger partial charge in [0.1, 0.15) is 6.61 Å². The van der Waals surface area contributed by atoms with E-state index in [2.05, 4.69) is 5.92 Å². The number of thioether (sulfide) groups is 1. The zero-order valence-corrected chi connectivity index (χ0v) is 16.7. The lowest BCUT2D eigenvalue weighted by Gasteiger charge is -2.12. The molecule has 152 valence electrons. The minimum absolute atomic E-state index is 0.0835. The smallest absolute Gasteiger partial charge is 0.293 e. The van der Waals surface area contributed by atoms with Crippen molar-refractivity contribution >= 4 is 34.7 Å². The van der Waals surface area contributed by atoms with Gasteiger partial charge in [-0.1, -0.05) is 30.2 Å². The van der Waals surface area contributed by atoms with Crippen molar-refractivity contribution in [1.82, 2.24) is 4.90 Å². The molecular weight excluding hydrogens is 408 g/mol. The van der Waals surface area contributed by atoms with Crippen LogP contribution in [0.2, 0.25) is 0 Å². The maximum Gasteiger partial charge on any atom is 0.293 e. The molecule has 8 nitrogen and oxygen atoms in total. The van der Waals surface area contributed by atoms with E-state index in [-0.39, 0.29) is 29.3 Å². The fraction of sp³-hybridized carbons (Fsp3) is 0.143. The minimum atomic E-state index is -0.541. The number of carbonyl (C=O) groups is 2. The second kappa shape index (κ2) is 9.15. The van der Waals surface area contributed by atoms with Gasteiger partial charge in [-0.2, -0.15) is 0 Å². The van der Waals surface area contributed by atoms with Gasteiger partial charge in [0.15, 0.2) is 11.5 Å². The summed E-state index contributed by atoms with van der Waals surface area (Å²) in [5.74, 6) is 2.73. The highest BCUT2D eigenvalue weighted by Crippen LogP contribution is 2.36. The molecule has 0 aliphatic carbocycles. The van der Waals surface area contributed by atoms with E-state index in [0.717, 1.165) is 16.7 Å². The molecule has 30 heavy (non-hydrogen) atoms. The van der Waals surface area contributed by atoms with Gasteiger partial charge >= 0.3 is 0 Å². The van der Waals surface area contributed by atoms with Crippen LogP contribution in [0.3, 0.4) is 0 Å². The number of hydrogen-bond acceptors (Lipinski definition) is 7. The van der Waals surface area contributed by atoms with Crippen molar-refractivity contribution in [2.24, 2.45) is 0 Å². The van der Waals surface area contributed by atoms with Crippen molar-refractivity contribution < 1.29 is 24.0 Å². The molecule has 0 aromatic heterocycles. The van der Waals surface area contributed by atoms with E-state index < -0.39 is 16.1 Å². The topological polar surface area (TPSA) is 99.0 Å². The lowest BCUT2D eigenvalue weighted by Crippen LogP contribution is -2.27.